The lowest BCUT2D eigenvalue weighted by molar-refractivity contribution is 0.463. The molecule has 0 bridgehead atoms. The number of aryl methyl sites for hydroxylation is 5. The van der Waals surface area contributed by atoms with Crippen molar-refractivity contribution in [2.24, 2.45) is 0 Å². The Bertz CT molecular complexity index is 3050. The van der Waals surface area contributed by atoms with E-state index in [0.29, 0.717) is 35.1 Å². The standard InChI is InChI=1S/C45H36N4O9S2/c1-24-16-31(22-29-18-27(4)39(20-25(29)2)57-59(53,54)41-10-6-8-35-33(41)12-14-37(48-46)44(35)51)43(50)32(17-24)23-30-19-28(5)40(21-26(30)3)58-60(55,56)42-11-7-9-36-34(42)13-15-38(49-47)45(36)52/h6-21H,22-23H2,1-5H3,(H-2,50,51,52)/p+2. The van der Waals surface area contributed by atoms with Crippen molar-refractivity contribution in [2.45, 2.75) is 57.3 Å². The molecular weight excluding hydrogens is 805 g/mol. The highest BCUT2D eigenvalue weighted by Gasteiger charge is 2.27. The van der Waals surface area contributed by atoms with Crippen LogP contribution in [0.4, 0.5) is 11.4 Å². The maximum atomic E-state index is 13.6. The number of diazo groups is 2. The first-order chi connectivity index (χ1) is 28.4. The molecule has 0 unspecified atom stereocenters. The molecule has 0 atom stereocenters. The van der Waals surface area contributed by atoms with Gasteiger partial charge in [0.05, 0.1) is 0 Å². The van der Waals surface area contributed by atoms with Crippen molar-refractivity contribution in [3.05, 3.63) is 157 Å². The number of benzene rings is 7. The molecule has 0 saturated heterocycles. The van der Waals surface area contributed by atoms with Crippen LogP contribution in [0.15, 0.2) is 107 Å². The van der Waals surface area contributed by atoms with E-state index >= 15 is 0 Å². The number of fused-ring (bicyclic) bond motifs is 2. The molecule has 15 heteroatoms. The molecule has 13 nitrogen and oxygen atoms in total. The fourth-order valence-corrected chi connectivity index (χ4v) is 9.80. The average Bonchev–Trinajstić information content (AvgIpc) is 3.20. The third-order valence-electron chi connectivity index (χ3n) is 10.5. The minimum Gasteiger partial charge on any atom is -0.507 e. The summed E-state index contributed by atoms with van der Waals surface area (Å²) in [5.74, 6) is -0.418. The highest BCUT2D eigenvalue weighted by molar-refractivity contribution is 7.87. The van der Waals surface area contributed by atoms with E-state index in [2.05, 4.69) is 9.95 Å². The van der Waals surface area contributed by atoms with Crippen molar-refractivity contribution in [1.29, 1.82) is 10.8 Å². The summed E-state index contributed by atoms with van der Waals surface area (Å²) in [6.07, 6.45) is 0.650. The van der Waals surface area contributed by atoms with Gasteiger partial charge in [-0.15, -0.1) is 0 Å². The second-order valence-corrected chi connectivity index (χ2v) is 17.7. The predicted octanol–water partition coefficient (Wildman–Crippen LogP) is 10.3. The molecule has 0 saturated carbocycles. The van der Waals surface area contributed by atoms with Crippen LogP contribution in [0.3, 0.4) is 0 Å². The Morgan fingerprint density at radius 1 is 0.483 bits per heavy atom. The van der Waals surface area contributed by atoms with Gasteiger partial charge in [-0.2, -0.15) is 16.8 Å². The van der Waals surface area contributed by atoms with Crippen molar-refractivity contribution in [2.75, 3.05) is 0 Å². The van der Waals surface area contributed by atoms with Crippen LogP contribution < -0.4 is 8.37 Å². The molecule has 0 aliphatic rings. The summed E-state index contributed by atoms with van der Waals surface area (Å²) >= 11 is 0. The van der Waals surface area contributed by atoms with Gasteiger partial charge in [0.1, 0.15) is 27.0 Å². The molecule has 0 spiro atoms. The van der Waals surface area contributed by atoms with E-state index in [4.69, 9.17) is 8.37 Å². The normalized spacial score (nSPS) is 11.7. The molecule has 0 aliphatic heterocycles. The average molecular weight is 843 g/mol. The lowest BCUT2D eigenvalue weighted by Gasteiger charge is -2.17. The molecule has 0 heterocycles. The highest BCUT2D eigenvalue weighted by Crippen LogP contribution is 2.40. The summed E-state index contributed by atoms with van der Waals surface area (Å²) in [6.45, 7) is 9.01. The first-order valence-corrected chi connectivity index (χ1v) is 21.3. The fraction of sp³-hybridized carbons (Fsp3) is 0.156. The lowest BCUT2D eigenvalue weighted by atomic mass is 9.92. The first-order valence-electron chi connectivity index (χ1n) is 18.5. The molecule has 7 rings (SSSR count). The topological polar surface area (TPSA) is 204 Å². The van der Waals surface area contributed by atoms with Crippen LogP contribution in [-0.2, 0) is 33.1 Å². The zero-order valence-electron chi connectivity index (χ0n) is 33.0. The van der Waals surface area contributed by atoms with E-state index in [1.807, 2.05) is 45.0 Å². The van der Waals surface area contributed by atoms with Crippen LogP contribution in [0.2, 0.25) is 0 Å². The third-order valence-corrected chi connectivity index (χ3v) is 13.1. The smallest absolute Gasteiger partial charge is 0.426 e. The monoisotopic (exact) mass is 842 g/mol. The Hall–Kier alpha value is -7.20. The molecular formula is C45H38N4O9S2+2. The number of hydrogen-bond donors (Lipinski definition) is 3. The van der Waals surface area contributed by atoms with Crippen LogP contribution in [0.1, 0.15) is 50.1 Å². The van der Waals surface area contributed by atoms with E-state index in [9.17, 15) is 42.9 Å². The largest absolute Gasteiger partial charge is 0.507 e. The van der Waals surface area contributed by atoms with Gasteiger partial charge < -0.3 is 23.7 Å². The van der Waals surface area contributed by atoms with Gasteiger partial charge in [0.25, 0.3) is 0 Å². The quantitative estimate of drug-likeness (QED) is 0.0873. The Morgan fingerprint density at radius 3 is 1.27 bits per heavy atom. The molecule has 302 valence electrons. The second kappa shape index (κ2) is 15.5. The molecule has 0 aliphatic carbocycles. The van der Waals surface area contributed by atoms with Gasteiger partial charge in [-0.1, -0.05) is 54.1 Å². The summed E-state index contributed by atoms with van der Waals surface area (Å²) < 4.78 is 65.6. The number of phenolic OH excluding ortho intramolecular Hbond substituents is 3. The minimum atomic E-state index is -4.38. The number of nitrogens with zero attached hydrogens (tertiary/aromatic N) is 4. The van der Waals surface area contributed by atoms with E-state index in [1.54, 1.807) is 26.0 Å². The van der Waals surface area contributed by atoms with Gasteiger partial charge in [0.2, 0.25) is 22.3 Å². The van der Waals surface area contributed by atoms with E-state index in [0.717, 1.165) is 27.8 Å². The number of hydrogen-bond acceptors (Lipinski definition) is 11. The minimum absolute atomic E-state index is 0.0910. The van der Waals surface area contributed by atoms with E-state index in [1.165, 1.54) is 60.7 Å². The Morgan fingerprint density at radius 2 is 0.883 bits per heavy atom. The summed E-state index contributed by atoms with van der Waals surface area (Å²) in [6, 6.07) is 24.8. The summed E-state index contributed by atoms with van der Waals surface area (Å²) in [5.41, 5.74) is 6.19. The van der Waals surface area contributed by atoms with E-state index < -0.39 is 20.2 Å². The fourth-order valence-electron chi connectivity index (χ4n) is 7.40. The maximum absolute atomic E-state index is 13.6. The van der Waals surface area contributed by atoms with Gasteiger partial charge in [-0.3, -0.25) is 0 Å². The molecule has 3 N–H and O–H groups in total. The molecule has 60 heavy (non-hydrogen) atoms. The summed E-state index contributed by atoms with van der Waals surface area (Å²) in [7, 11) is -8.76. The highest BCUT2D eigenvalue weighted by atomic mass is 32.2. The van der Waals surface area contributed by atoms with Crippen molar-refractivity contribution in [3.8, 4) is 28.7 Å². The van der Waals surface area contributed by atoms with Crippen molar-refractivity contribution < 1.29 is 40.5 Å². The number of phenols is 3. The van der Waals surface area contributed by atoms with Crippen molar-refractivity contribution >= 4 is 53.2 Å². The predicted molar refractivity (Wildman–Crippen MR) is 227 cm³/mol. The summed E-state index contributed by atoms with van der Waals surface area (Å²) in [5, 5.41) is 51.7. The Balaban J connectivity index is 1.12. The molecule has 7 aromatic rings. The molecule has 7 aromatic carbocycles. The van der Waals surface area contributed by atoms with Gasteiger partial charge in [0.15, 0.2) is 9.95 Å². The Kier molecular flexibility index (Phi) is 10.6. The van der Waals surface area contributed by atoms with Gasteiger partial charge in [0, 0.05) is 46.5 Å². The first kappa shape index (κ1) is 41.0. The molecule has 0 aromatic heterocycles. The maximum Gasteiger partial charge on any atom is 0.426 e. The molecule has 0 amide bonds. The van der Waals surface area contributed by atoms with E-state index in [-0.39, 0.29) is 71.5 Å². The lowest BCUT2D eigenvalue weighted by Crippen LogP contribution is -2.11. The van der Waals surface area contributed by atoms with Gasteiger partial charge in [-0.25, -0.2) is 0 Å². The molecule has 0 fully saturated rings. The van der Waals surface area contributed by atoms with Crippen molar-refractivity contribution in [3.63, 3.8) is 0 Å². The zero-order chi connectivity index (χ0) is 43.3. The summed E-state index contributed by atoms with van der Waals surface area (Å²) in [4.78, 5) is 5.72. The Labute approximate surface area is 346 Å². The van der Waals surface area contributed by atoms with Crippen LogP contribution in [-0.4, -0.2) is 32.2 Å². The van der Waals surface area contributed by atoms with Crippen LogP contribution >= 0.6 is 0 Å². The SMILES string of the molecule is Cc1cc(Cc2cc(C)c(OS(=O)(=O)c3cccc4c(O)c([N+]#N)ccc34)cc2C)c(O)c(Cc2cc(C)c(OS(=O)(=O)c3cccc4c(O)c([N+]#N)ccc34)cc2C)c1. The zero-order valence-corrected chi connectivity index (χ0v) is 34.7. The number of rotatable bonds is 10. The third kappa shape index (κ3) is 7.59. The number of aromatic hydroxyl groups is 3. The van der Waals surface area contributed by atoms with Gasteiger partial charge in [-0.05, 0) is 116 Å². The van der Waals surface area contributed by atoms with Crippen LogP contribution in [0.25, 0.3) is 31.5 Å². The van der Waals surface area contributed by atoms with Crippen LogP contribution in [0.5, 0.6) is 28.7 Å². The second-order valence-electron chi connectivity index (χ2n) is 14.7. The van der Waals surface area contributed by atoms with Crippen LogP contribution in [0, 0.1) is 45.4 Å². The van der Waals surface area contributed by atoms with Crippen molar-refractivity contribution in [1.82, 2.24) is 0 Å². The molecule has 0 radical (unpaired) electrons. The van der Waals surface area contributed by atoms with Gasteiger partial charge >= 0.3 is 31.6 Å².